The minimum Gasteiger partial charge on any atom is -0.335 e. The molecule has 6 nitrogen and oxygen atoms in total. The van der Waals surface area contributed by atoms with E-state index >= 15 is 0 Å². The number of nitriles is 1. The zero-order valence-electron chi connectivity index (χ0n) is 61.1. The van der Waals surface area contributed by atoms with Crippen molar-refractivity contribution in [3.8, 4) is 57.5 Å². The van der Waals surface area contributed by atoms with Crippen molar-refractivity contribution in [1.29, 1.82) is 5.26 Å². The molecule has 0 atom stereocenters. The second-order valence-electron chi connectivity index (χ2n) is 31.0. The summed E-state index contributed by atoms with van der Waals surface area (Å²) in [5.74, 6) is 2.69. The minimum atomic E-state index is -0.0598. The number of aromatic nitrogens is 5. The van der Waals surface area contributed by atoms with E-state index in [1.807, 2.05) is 30.3 Å². The maximum atomic E-state index is 9.15. The Balaban J connectivity index is 0.000000112. The summed E-state index contributed by atoms with van der Waals surface area (Å²) >= 11 is 0. The molecule has 0 amide bonds. The Morgan fingerprint density at radius 3 is 0.932 bits per heavy atom. The van der Waals surface area contributed by atoms with E-state index in [9.17, 15) is 0 Å². The first-order chi connectivity index (χ1) is 49.6. The van der Waals surface area contributed by atoms with E-state index in [1.54, 1.807) is 0 Å². The number of hydrogen-bond donors (Lipinski definition) is 0. The Bertz CT molecular complexity index is 6120. The summed E-state index contributed by atoms with van der Waals surface area (Å²) in [6.45, 7) is 27.2. The molecule has 0 spiro atoms. The van der Waals surface area contributed by atoms with E-state index in [4.69, 9.17) is 11.7 Å². The third kappa shape index (κ3) is 11.9. The summed E-state index contributed by atoms with van der Waals surface area (Å²) < 4.78 is 12.3. The highest BCUT2D eigenvalue weighted by atomic mass is 15.1. The van der Waals surface area contributed by atoms with Gasteiger partial charge in [0.15, 0.2) is 0 Å². The first-order valence-electron chi connectivity index (χ1n) is 35.9. The van der Waals surface area contributed by atoms with Gasteiger partial charge < -0.3 is 22.8 Å². The van der Waals surface area contributed by atoms with E-state index in [0.29, 0.717) is 5.56 Å². The zero-order valence-corrected chi connectivity index (χ0v) is 61.1. The van der Waals surface area contributed by atoms with Crippen LogP contribution in [0.2, 0.25) is 0 Å². The summed E-state index contributed by atoms with van der Waals surface area (Å²) in [4.78, 5) is 0. The van der Waals surface area contributed by atoms with Crippen molar-refractivity contribution in [3.05, 3.63) is 308 Å². The summed E-state index contributed by atoms with van der Waals surface area (Å²) in [7, 11) is 0. The van der Waals surface area contributed by atoms with Crippen LogP contribution in [0.5, 0.6) is 0 Å². The van der Waals surface area contributed by atoms with Gasteiger partial charge in [-0.2, -0.15) is 5.26 Å². The number of nitrogens with zero attached hydrogens (tertiary/aromatic N) is 6. The van der Waals surface area contributed by atoms with Crippen LogP contribution in [0.15, 0.2) is 297 Å². The molecule has 0 saturated heterocycles. The molecule has 0 N–H and O–H groups in total. The first kappa shape index (κ1) is 66.8. The molecule has 5 aromatic heterocycles. The third-order valence-corrected chi connectivity index (χ3v) is 20.0. The predicted molar refractivity (Wildman–Crippen MR) is 441 cm³/mol. The molecule has 0 aliphatic heterocycles. The van der Waals surface area contributed by atoms with Gasteiger partial charge in [0.25, 0.3) is 0 Å². The summed E-state index contributed by atoms with van der Waals surface area (Å²) in [6, 6.07) is 108. The molecule has 18 aromatic rings. The number of para-hydroxylation sites is 8. The molecule has 0 bridgehead atoms. The normalized spacial score (nSPS) is 12.1. The number of benzene rings is 13. The van der Waals surface area contributed by atoms with Gasteiger partial charge in [0.2, 0.25) is 0 Å². The van der Waals surface area contributed by atoms with Gasteiger partial charge in [0, 0.05) is 120 Å². The lowest BCUT2D eigenvalue weighted by Gasteiger charge is -2.26. The van der Waals surface area contributed by atoms with Crippen LogP contribution in [-0.2, 0) is 22.2 Å². The Hall–Kier alpha value is -12.1. The molecule has 0 unspecified atom stereocenters. The SMILES string of the molecule is C#Cc1ccc2c(c1)c1cc(C#N)ccc1n2C(C)(C)C.CC(C)(C)n1c2c(-c3ccccc3)cccc2c2cccc(-c3ccccc3)c21.CC(C)(C)n1c2ccccc2c2cccc(-c3ccccc3)c21.CC(C)(C)n1c2ccccc2c2cccc(-n3c4ccccc4c4ccccc43)c21. The average molecular weight is 1340 g/mol. The highest BCUT2D eigenvalue weighted by Gasteiger charge is 2.28. The van der Waals surface area contributed by atoms with Crippen LogP contribution >= 0.6 is 0 Å². The van der Waals surface area contributed by atoms with Crippen LogP contribution in [0.1, 0.15) is 94.2 Å². The number of fused-ring (bicyclic) bond motifs is 15. The van der Waals surface area contributed by atoms with E-state index in [-0.39, 0.29) is 22.2 Å². The standard InChI is InChI=1S/C28H24N2.C28H25N.C22H21N.C19H16N2/c1-28(2,3)30-25-17-9-6-13-21(25)22-14-10-18-26(27(22)30)29-23-15-7-4-11-19(23)20-12-5-8-16-24(20)29;1-28(2,3)29-26-22(20-12-6-4-7-13-20)16-10-18-24(26)25-19-11-17-23(27(25)29)21-14-8-5-9-15-21;1-22(2,3)23-20-15-8-7-12-18(20)19-14-9-13-17(21(19)23)16-10-5-4-6-11-16;1-5-13-6-8-17-15(10-13)16-11-14(12-20)7-9-18(16)21(17)19(2,3)4/h4-18H,1-3H3;4-19H,1-3H3;4-15H,1-3H3;1,6-11H,2-4H3. The Morgan fingerprint density at radius 2 is 0.544 bits per heavy atom. The largest absolute Gasteiger partial charge is 0.335 e. The fourth-order valence-electron chi connectivity index (χ4n) is 16.0. The maximum Gasteiger partial charge on any atom is 0.0991 e. The molecular weight excluding hydrogens is 1250 g/mol. The van der Waals surface area contributed by atoms with Crippen LogP contribution in [0.25, 0.3) is 148 Å². The lowest BCUT2D eigenvalue weighted by molar-refractivity contribution is 0.423. The molecule has 0 saturated carbocycles. The minimum absolute atomic E-state index is 0.0201. The Kier molecular flexibility index (Phi) is 16.9. The smallest absolute Gasteiger partial charge is 0.0991 e. The van der Waals surface area contributed by atoms with Gasteiger partial charge in [-0.25, -0.2) is 0 Å². The molecule has 103 heavy (non-hydrogen) atoms. The van der Waals surface area contributed by atoms with Crippen LogP contribution in [0.4, 0.5) is 0 Å². The summed E-state index contributed by atoms with van der Waals surface area (Å²) in [6.07, 6.45) is 5.52. The predicted octanol–water partition coefficient (Wildman–Crippen LogP) is 26.1. The molecule has 504 valence electrons. The molecule has 6 heteroatoms. The molecule has 0 fully saturated rings. The quantitative estimate of drug-likeness (QED) is 0.162. The fourth-order valence-corrected chi connectivity index (χ4v) is 16.0. The van der Waals surface area contributed by atoms with Crippen molar-refractivity contribution in [1.82, 2.24) is 22.8 Å². The van der Waals surface area contributed by atoms with E-state index in [1.165, 1.54) is 126 Å². The first-order valence-corrected chi connectivity index (χ1v) is 35.9. The highest BCUT2D eigenvalue weighted by Crippen LogP contribution is 2.46. The van der Waals surface area contributed by atoms with Gasteiger partial charge in [0.1, 0.15) is 0 Å². The van der Waals surface area contributed by atoms with Crippen molar-refractivity contribution >= 4 is 109 Å². The maximum absolute atomic E-state index is 9.15. The lowest BCUT2D eigenvalue weighted by atomic mass is 10.0. The van der Waals surface area contributed by atoms with Crippen molar-refractivity contribution in [2.45, 2.75) is 105 Å². The van der Waals surface area contributed by atoms with Crippen molar-refractivity contribution < 1.29 is 0 Å². The number of hydrogen-bond acceptors (Lipinski definition) is 1. The number of rotatable bonds is 4. The molecule has 0 radical (unpaired) electrons. The van der Waals surface area contributed by atoms with Crippen molar-refractivity contribution in [2.24, 2.45) is 0 Å². The van der Waals surface area contributed by atoms with Gasteiger partial charge in [-0.15, -0.1) is 6.42 Å². The highest BCUT2D eigenvalue weighted by molar-refractivity contribution is 6.18. The van der Waals surface area contributed by atoms with E-state index in [0.717, 1.165) is 27.4 Å². The molecule has 5 heterocycles. The topological polar surface area (TPSA) is 48.4 Å². The van der Waals surface area contributed by atoms with Crippen molar-refractivity contribution in [3.63, 3.8) is 0 Å². The van der Waals surface area contributed by atoms with Crippen LogP contribution in [0.3, 0.4) is 0 Å². The Labute approximate surface area is 604 Å². The van der Waals surface area contributed by atoms with Crippen LogP contribution in [-0.4, -0.2) is 22.8 Å². The van der Waals surface area contributed by atoms with Gasteiger partial charge in [-0.1, -0.05) is 236 Å². The van der Waals surface area contributed by atoms with E-state index < -0.39 is 0 Å². The van der Waals surface area contributed by atoms with Gasteiger partial charge >= 0.3 is 0 Å². The molecule has 0 aliphatic rings. The van der Waals surface area contributed by atoms with Crippen LogP contribution < -0.4 is 0 Å². The fraction of sp³-hybridized carbons (Fsp3) is 0.165. The van der Waals surface area contributed by atoms with Crippen molar-refractivity contribution in [2.75, 3.05) is 0 Å². The third-order valence-electron chi connectivity index (χ3n) is 20.0. The Morgan fingerprint density at radius 1 is 0.252 bits per heavy atom. The summed E-state index contributed by atoms with van der Waals surface area (Å²) in [5, 5.41) is 21.8. The molecule has 13 aromatic carbocycles. The average Bonchev–Trinajstić information content (AvgIpc) is 1.59. The number of terminal acetylenes is 1. The monoisotopic (exact) mass is 1330 g/mol. The lowest BCUT2D eigenvalue weighted by Crippen LogP contribution is -2.22. The zero-order chi connectivity index (χ0) is 71.7. The molecule has 0 aliphatic carbocycles. The second-order valence-corrected chi connectivity index (χ2v) is 31.0. The van der Waals surface area contributed by atoms with Gasteiger partial charge in [-0.3, -0.25) is 0 Å². The van der Waals surface area contributed by atoms with Gasteiger partial charge in [-0.05, 0) is 167 Å². The molecule has 18 rings (SSSR count). The second kappa shape index (κ2) is 26.1. The molecular formula is C97H86N6. The van der Waals surface area contributed by atoms with Crippen LogP contribution in [0, 0.1) is 23.7 Å². The van der Waals surface area contributed by atoms with E-state index in [2.05, 4.69) is 385 Å². The van der Waals surface area contributed by atoms with Gasteiger partial charge in [0.05, 0.1) is 50.4 Å². The summed E-state index contributed by atoms with van der Waals surface area (Å²) in [5.41, 5.74) is 22.9.